The number of carbonyl (C=O) groups is 3. The minimum Gasteiger partial charge on any atom is -0.469 e. The zero-order valence-electron chi connectivity index (χ0n) is 9.48. The van der Waals surface area contributed by atoms with Gasteiger partial charge in [0.25, 0.3) is 0 Å². The van der Waals surface area contributed by atoms with Crippen LogP contribution in [0.25, 0.3) is 0 Å². The summed E-state index contributed by atoms with van der Waals surface area (Å²) in [5.74, 6) is -0.282. The molecule has 0 atom stereocenters. The number of hydrogen-bond acceptors (Lipinski definition) is 4. The van der Waals surface area contributed by atoms with E-state index < -0.39 is 0 Å². The van der Waals surface area contributed by atoms with Gasteiger partial charge >= 0.3 is 5.97 Å². The van der Waals surface area contributed by atoms with E-state index in [1.807, 2.05) is 0 Å². The molecule has 0 N–H and O–H groups in total. The molecule has 16 heavy (non-hydrogen) atoms. The number of rotatable bonds is 4. The van der Waals surface area contributed by atoms with Crippen LogP contribution in [0, 0.1) is 5.92 Å². The van der Waals surface area contributed by atoms with Crippen LogP contribution < -0.4 is 0 Å². The molecular weight excluding hydrogens is 210 g/mol. The van der Waals surface area contributed by atoms with Gasteiger partial charge in [-0.25, -0.2) is 0 Å². The molecule has 1 aliphatic rings. The van der Waals surface area contributed by atoms with Crippen molar-refractivity contribution in [2.45, 2.75) is 25.7 Å². The van der Waals surface area contributed by atoms with Crippen molar-refractivity contribution in [3.8, 4) is 0 Å². The first-order valence-electron chi connectivity index (χ1n) is 5.48. The molecule has 1 rings (SSSR count). The minimum atomic E-state index is -0.194. The van der Waals surface area contributed by atoms with Crippen molar-refractivity contribution in [2.75, 3.05) is 20.2 Å². The number of aldehydes is 1. The van der Waals surface area contributed by atoms with Crippen LogP contribution in [-0.2, 0) is 19.1 Å². The van der Waals surface area contributed by atoms with Crippen LogP contribution in [0.15, 0.2) is 0 Å². The molecule has 0 aromatic carbocycles. The molecule has 90 valence electrons. The fourth-order valence-electron chi connectivity index (χ4n) is 1.87. The number of esters is 1. The molecule has 0 spiro atoms. The second kappa shape index (κ2) is 6.25. The highest BCUT2D eigenvalue weighted by Crippen LogP contribution is 2.19. The van der Waals surface area contributed by atoms with Crippen molar-refractivity contribution >= 4 is 18.2 Å². The summed E-state index contributed by atoms with van der Waals surface area (Å²) in [7, 11) is 1.38. The summed E-state index contributed by atoms with van der Waals surface area (Å²) in [5.41, 5.74) is 0. The van der Waals surface area contributed by atoms with E-state index >= 15 is 0 Å². The quantitative estimate of drug-likeness (QED) is 0.514. The van der Waals surface area contributed by atoms with Gasteiger partial charge in [-0.05, 0) is 12.8 Å². The lowest BCUT2D eigenvalue weighted by molar-refractivity contribution is -0.148. The van der Waals surface area contributed by atoms with Crippen LogP contribution in [0.4, 0.5) is 0 Å². The Morgan fingerprint density at radius 1 is 1.38 bits per heavy atom. The largest absolute Gasteiger partial charge is 0.469 e. The zero-order valence-corrected chi connectivity index (χ0v) is 9.48. The van der Waals surface area contributed by atoms with E-state index in [0.29, 0.717) is 25.9 Å². The molecule has 0 bridgehead atoms. The second-order valence-corrected chi connectivity index (χ2v) is 3.88. The van der Waals surface area contributed by atoms with Gasteiger partial charge in [-0.3, -0.25) is 9.59 Å². The second-order valence-electron chi connectivity index (χ2n) is 3.88. The van der Waals surface area contributed by atoms with Crippen LogP contribution in [0.3, 0.4) is 0 Å². The molecule has 1 saturated heterocycles. The van der Waals surface area contributed by atoms with Crippen LogP contribution >= 0.6 is 0 Å². The first-order chi connectivity index (χ1) is 7.69. The highest BCUT2D eigenvalue weighted by Gasteiger charge is 2.27. The van der Waals surface area contributed by atoms with Gasteiger partial charge in [0.15, 0.2) is 0 Å². The van der Waals surface area contributed by atoms with Gasteiger partial charge in [0, 0.05) is 25.9 Å². The molecule has 0 radical (unpaired) electrons. The van der Waals surface area contributed by atoms with E-state index in [2.05, 4.69) is 4.74 Å². The lowest BCUT2D eigenvalue weighted by atomic mass is 9.97. The van der Waals surface area contributed by atoms with Gasteiger partial charge in [-0.2, -0.15) is 0 Å². The molecular formula is C11H17NO4. The Labute approximate surface area is 94.7 Å². The number of nitrogens with zero attached hydrogens (tertiary/aromatic N) is 1. The summed E-state index contributed by atoms with van der Waals surface area (Å²) in [4.78, 5) is 34.6. The standard InChI is InChI=1S/C11H17NO4/c1-16-11(15)9-4-6-12(7-5-9)10(14)3-2-8-13/h8-9H,2-7H2,1H3. The Hall–Kier alpha value is -1.39. The molecule has 5 heteroatoms. The molecule has 1 fully saturated rings. The summed E-state index contributed by atoms with van der Waals surface area (Å²) in [5, 5.41) is 0. The van der Waals surface area contributed by atoms with Gasteiger partial charge in [0.05, 0.1) is 13.0 Å². The number of piperidine rings is 1. The summed E-state index contributed by atoms with van der Waals surface area (Å²) < 4.78 is 4.66. The summed E-state index contributed by atoms with van der Waals surface area (Å²) in [6.07, 6.45) is 2.60. The maximum Gasteiger partial charge on any atom is 0.308 e. The van der Waals surface area contributed by atoms with Gasteiger partial charge in [-0.1, -0.05) is 0 Å². The summed E-state index contributed by atoms with van der Waals surface area (Å²) >= 11 is 0. The number of likely N-dealkylation sites (tertiary alicyclic amines) is 1. The number of hydrogen-bond donors (Lipinski definition) is 0. The maximum atomic E-state index is 11.6. The molecule has 1 heterocycles. The van der Waals surface area contributed by atoms with Crippen molar-refractivity contribution < 1.29 is 19.1 Å². The van der Waals surface area contributed by atoms with Gasteiger partial charge < -0.3 is 14.4 Å². The molecule has 1 aliphatic heterocycles. The summed E-state index contributed by atoms with van der Waals surface area (Å²) in [6.45, 7) is 1.16. The molecule has 0 saturated carbocycles. The van der Waals surface area contributed by atoms with Gasteiger partial charge in [0.1, 0.15) is 6.29 Å². The molecule has 0 aromatic heterocycles. The Morgan fingerprint density at radius 2 is 2.00 bits per heavy atom. The fourth-order valence-corrected chi connectivity index (χ4v) is 1.87. The molecule has 5 nitrogen and oxygen atoms in total. The first-order valence-corrected chi connectivity index (χ1v) is 5.48. The van der Waals surface area contributed by atoms with Gasteiger partial charge in [0.2, 0.25) is 5.91 Å². The van der Waals surface area contributed by atoms with Crippen molar-refractivity contribution in [1.82, 2.24) is 4.90 Å². The molecule has 1 amide bonds. The van der Waals surface area contributed by atoms with E-state index in [1.165, 1.54) is 7.11 Å². The molecule has 0 unspecified atom stereocenters. The number of carbonyl (C=O) groups excluding carboxylic acids is 3. The predicted octanol–water partition coefficient (Wildman–Crippen LogP) is 0.377. The van der Waals surface area contributed by atoms with E-state index in [1.54, 1.807) is 4.90 Å². The Kier molecular flexibility index (Phi) is 4.95. The molecule has 0 aromatic rings. The van der Waals surface area contributed by atoms with Crippen LogP contribution in [0.2, 0.25) is 0 Å². The third-order valence-corrected chi connectivity index (χ3v) is 2.86. The molecule has 0 aliphatic carbocycles. The van der Waals surface area contributed by atoms with E-state index in [4.69, 9.17) is 0 Å². The van der Waals surface area contributed by atoms with Crippen molar-refractivity contribution in [3.63, 3.8) is 0 Å². The third-order valence-electron chi connectivity index (χ3n) is 2.86. The zero-order chi connectivity index (χ0) is 12.0. The first kappa shape index (κ1) is 12.7. The number of ether oxygens (including phenoxy) is 1. The highest BCUT2D eigenvalue weighted by atomic mass is 16.5. The lowest BCUT2D eigenvalue weighted by Crippen LogP contribution is -2.40. The van der Waals surface area contributed by atoms with Crippen LogP contribution in [-0.4, -0.2) is 43.3 Å². The Bertz CT molecular complexity index is 269. The Balaban J connectivity index is 2.33. The van der Waals surface area contributed by atoms with Crippen molar-refractivity contribution in [1.29, 1.82) is 0 Å². The van der Waals surface area contributed by atoms with E-state index in [0.717, 1.165) is 6.29 Å². The number of methoxy groups -OCH3 is 1. The van der Waals surface area contributed by atoms with E-state index in [-0.39, 0.29) is 30.6 Å². The average molecular weight is 227 g/mol. The lowest BCUT2D eigenvalue weighted by Gasteiger charge is -2.30. The average Bonchev–Trinajstić information content (AvgIpc) is 2.35. The monoisotopic (exact) mass is 227 g/mol. The van der Waals surface area contributed by atoms with Crippen LogP contribution in [0.1, 0.15) is 25.7 Å². The Morgan fingerprint density at radius 3 is 2.50 bits per heavy atom. The minimum absolute atomic E-state index is 0.00424. The van der Waals surface area contributed by atoms with Crippen molar-refractivity contribution in [2.24, 2.45) is 5.92 Å². The topological polar surface area (TPSA) is 63.7 Å². The number of amides is 1. The van der Waals surface area contributed by atoms with Crippen LogP contribution in [0.5, 0.6) is 0 Å². The fraction of sp³-hybridized carbons (Fsp3) is 0.727. The predicted molar refractivity (Wildman–Crippen MR) is 56.6 cm³/mol. The highest BCUT2D eigenvalue weighted by molar-refractivity contribution is 5.79. The third kappa shape index (κ3) is 3.32. The summed E-state index contributed by atoms with van der Waals surface area (Å²) in [6, 6.07) is 0. The van der Waals surface area contributed by atoms with Crippen molar-refractivity contribution in [3.05, 3.63) is 0 Å². The normalized spacial score (nSPS) is 16.9. The van der Waals surface area contributed by atoms with E-state index in [9.17, 15) is 14.4 Å². The SMILES string of the molecule is COC(=O)C1CCN(C(=O)CCC=O)CC1. The van der Waals surface area contributed by atoms with Gasteiger partial charge in [-0.15, -0.1) is 0 Å². The smallest absolute Gasteiger partial charge is 0.308 e. The maximum absolute atomic E-state index is 11.6.